The Hall–Kier alpha value is -2.16. The van der Waals surface area contributed by atoms with E-state index < -0.39 is 0 Å². The lowest BCUT2D eigenvalue weighted by atomic mass is 10.2. The molecule has 118 valence electrons. The number of hydrogen-bond donors (Lipinski definition) is 1. The highest BCUT2D eigenvalue weighted by Gasteiger charge is 1.98. The summed E-state index contributed by atoms with van der Waals surface area (Å²) in [5, 5.41) is 3.39. The average molecular weight is 297 g/mol. The van der Waals surface area contributed by atoms with Crippen LogP contribution < -0.4 is 5.32 Å². The van der Waals surface area contributed by atoms with Gasteiger partial charge >= 0.3 is 0 Å². The molecule has 0 aliphatic rings. The van der Waals surface area contributed by atoms with Crippen molar-refractivity contribution in [1.29, 1.82) is 0 Å². The minimum absolute atomic E-state index is 0.935. The van der Waals surface area contributed by atoms with Crippen LogP contribution in [0, 0.1) is 6.92 Å². The fraction of sp³-hybridized carbons (Fsp3) is 0.368. The Morgan fingerprint density at radius 1 is 1.23 bits per heavy atom. The maximum atomic E-state index is 4.65. The van der Waals surface area contributed by atoms with Gasteiger partial charge in [0.05, 0.1) is 0 Å². The lowest BCUT2D eigenvalue weighted by Crippen LogP contribution is -1.99. The molecule has 0 amide bonds. The highest BCUT2D eigenvalue weighted by atomic mass is 14.9. The van der Waals surface area contributed by atoms with Crippen molar-refractivity contribution < 1.29 is 0 Å². The van der Waals surface area contributed by atoms with Gasteiger partial charge in [0.2, 0.25) is 0 Å². The second kappa shape index (κ2) is 8.98. The third kappa shape index (κ3) is 6.08. The highest BCUT2D eigenvalue weighted by molar-refractivity contribution is 5.95. The number of anilines is 1. The molecule has 0 saturated heterocycles. The zero-order valence-electron chi connectivity index (χ0n) is 14.6. The van der Waals surface area contributed by atoms with Crippen molar-refractivity contribution in [2.45, 2.75) is 41.0 Å². The first-order valence-corrected chi connectivity index (χ1v) is 7.65. The normalized spacial score (nSPS) is 14.3. The molecule has 0 atom stereocenters. The predicted octanol–water partition coefficient (Wildman–Crippen LogP) is 5.16. The van der Waals surface area contributed by atoms with Gasteiger partial charge in [0, 0.05) is 36.1 Å². The van der Waals surface area contributed by atoms with Gasteiger partial charge in [-0.1, -0.05) is 19.1 Å². The van der Waals surface area contributed by atoms with E-state index in [1.807, 2.05) is 20.1 Å². The minimum Gasteiger partial charge on any atom is -0.359 e. The highest BCUT2D eigenvalue weighted by Crippen LogP contribution is 2.13. The molecule has 0 unspecified atom stereocenters. The smallest absolute Gasteiger partial charge is 0.0422 e. The summed E-state index contributed by atoms with van der Waals surface area (Å²) in [6.45, 7) is 10.3. The second-order valence-corrected chi connectivity index (χ2v) is 5.43. The third-order valence-electron chi connectivity index (χ3n) is 3.26. The van der Waals surface area contributed by atoms with Crippen LogP contribution in [-0.2, 0) is 0 Å². The van der Waals surface area contributed by atoms with Crippen LogP contribution in [0.5, 0.6) is 0 Å². The molecule has 1 aromatic carbocycles. The van der Waals surface area contributed by atoms with Crippen LogP contribution in [0.3, 0.4) is 0 Å². The molecular formula is C19H27N3. The van der Waals surface area contributed by atoms with E-state index in [9.17, 15) is 0 Å². The molecule has 1 aromatic rings. The van der Waals surface area contributed by atoms with Crippen molar-refractivity contribution in [3.05, 3.63) is 52.9 Å². The Kier molecular flexibility index (Phi) is 7.30. The maximum Gasteiger partial charge on any atom is 0.0422 e. The molecule has 0 aliphatic carbocycles. The summed E-state index contributed by atoms with van der Waals surface area (Å²) in [5.41, 5.74) is 6.58. The van der Waals surface area contributed by atoms with Gasteiger partial charge < -0.3 is 5.32 Å². The number of hydrogen-bond acceptors (Lipinski definition) is 3. The number of aliphatic imine (C=N–C) groups is 2. The van der Waals surface area contributed by atoms with E-state index in [4.69, 9.17) is 0 Å². The van der Waals surface area contributed by atoms with Crippen molar-refractivity contribution in [1.82, 2.24) is 0 Å². The lowest BCUT2D eigenvalue weighted by molar-refractivity contribution is 1.11. The van der Waals surface area contributed by atoms with E-state index in [0.29, 0.717) is 0 Å². The Labute approximate surface area is 134 Å². The van der Waals surface area contributed by atoms with Gasteiger partial charge in [-0.05, 0) is 63.5 Å². The molecule has 0 bridgehead atoms. The lowest BCUT2D eigenvalue weighted by Gasteiger charge is -2.08. The molecule has 1 N–H and O–H groups in total. The molecule has 0 aromatic heterocycles. The van der Waals surface area contributed by atoms with Gasteiger partial charge in [-0.3, -0.25) is 9.98 Å². The van der Waals surface area contributed by atoms with E-state index in [1.165, 1.54) is 11.1 Å². The van der Waals surface area contributed by atoms with E-state index >= 15 is 0 Å². The Balaban J connectivity index is 2.88. The quantitative estimate of drug-likeness (QED) is 0.724. The molecular weight excluding hydrogens is 270 g/mol. The third-order valence-corrected chi connectivity index (χ3v) is 3.26. The van der Waals surface area contributed by atoms with Crippen LogP contribution in [0.2, 0.25) is 0 Å². The van der Waals surface area contributed by atoms with E-state index in [2.05, 4.69) is 66.4 Å². The molecule has 0 fully saturated rings. The number of benzene rings is 1. The molecule has 0 aliphatic heterocycles. The average Bonchev–Trinajstić information content (AvgIpc) is 2.44. The Morgan fingerprint density at radius 2 is 1.95 bits per heavy atom. The standard InChI is InChI=1S/C19H27N3/c1-7-18(13-20-6)17(5)21-15(3)12-16(4)22-19-10-8-9-14(2)11-19/h8-13,22H,7H2,1-6H3/b16-12+,18-17+,20-13?,21-15-. The second-order valence-electron chi connectivity index (χ2n) is 5.43. The van der Waals surface area contributed by atoms with E-state index in [1.54, 1.807) is 7.05 Å². The molecule has 3 heteroatoms. The molecule has 22 heavy (non-hydrogen) atoms. The van der Waals surface area contributed by atoms with Crippen molar-refractivity contribution in [3.8, 4) is 0 Å². The molecule has 0 saturated carbocycles. The predicted molar refractivity (Wildman–Crippen MR) is 99.1 cm³/mol. The molecule has 3 nitrogen and oxygen atoms in total. The number of allylic oxidation sites excluding steroid dienone is 4. The summed E-state index contributed by atoms with van der Waals surface area (Å²) in [7, 11) is 1.79. The molecule has 0 heterocycles. The number of rotatable bonds is 6. The van der Waals surface area contributed by atoms with Crippen LogP contribution in [0.1, 0.15) is 39.7 Å². The van der Waals surface area contributed by atoms with E-state index in [-0.39, 0.29) is 0 Å². The number of nitrogens with zero attached hydrogens (tertiary/aromatic N) is 2. The van der Waals surface area contributed by atoms with Gasteiger partial charge in [-0.15, -0.1) is 0 Å². The van der Waals surface area contributed by atoms with Crippen LogP contribution in [0.15, 0.2) is 57.3 Å². The maximum absolute atomic E-state index is 4.65. The Morgan fingerprint density at radius 3 is 2.55 bits per heavy atom. The summed E-state index contributed by atoms with van der Waals surface area (Å²) >= 11 is 0. The summed E-state index contributed by atoms with van der Waals surface area (Å²) in [4.78, 5) is 8.73. The zero-order valence-corrected chi connectivity index (χ0v) is 14.6. The topological polar surface area (TPSA) is 36.8 Å². The van der Waals surface area contributed by atoms with Crippen LogP contribution in [0.4, 0.5) is 5.69 Å². The van der Waals surface area contributed by atoms with Crippen molar-refractivity contribution >= 4 is 17.6 Å². The van der Waals surface area contributed by atoms with E-state index in [0.717, 1.165) is 29.2 Å². The summed E-state index contributed by atoms with van der Waals surface area (Å²) < 4.78 is 0. The monoisotopic (exact) mass is 297 g/mol. The minimum atomic E-state index is 0.935. The first-order valence-electron chi connectivity index (χ1n) is 7.65. The number of aryl methyl sites for hydroxylation is 1. The fourth-order valence-corrected chi connectivity index (χ4v) is 2.26. The van der Waals surface area contributed by atoms with Gasteiger partial charge in [-0.25, -0.2) is 0 Å². The van der Waals surface area contributed by atoms with Crippen molar-refractivity contribution in [2.24, 2.45) is 9.98 Å². The first-order chi connectivity index (χ1) is 10.5. The largest absolute Gasteiger partial charge is 0.359 e. The van der Waals surface area contributed by atoms with Crippen molar-refractivity contribution in [3.63, 3.8) is 0 Å². The van der Waals surface area contributed by atoms with Crippen LogP contribution in [-0.4, -0.2) is 19.0 Å². The summed E-state index contributed by atoms with van der Waals surface area (Å²) in [6, 6.07) is 8.33. The summed E-state index contributed by atoms with van der Waals surface area (Å²) in [6.07, 6.45) is 4.88. The molecule has 0 spiro atoms. The zero-order chi connectivity index (χ0) is 16.5. The Bertz CT molecular complexity index is 619. The van der Waals surface area contributed by atoms with Gasteiger partial charge in [0.15, 0.2) is 0 Å². The van der Waals surface area contributed by atoms with Crippen LogP contribution in [0.25, 0.3) is 0 Å². The molecule has 1 rings (SSSR count). The van der Waals surface area contributed by atoms with Gasteiger partial charge in [0.1, 0.15) is 0 Å². The van der Waals surface area contributed by atoms with Crippen molar-refractivity contribution in [2.75, 3.05) is 12.4 Å². The summed E-state index contributed by atoms with van der Waals surface area (Å²) in [5.74, 6) is 0. The number of nitrogens with one attached hydrogen (secondary N) is 1. The first kappa shape index (κ1) is 17.9. The SMILES string of the molecule is CC\C(C=NC)=C(C)/N=C(C)\C=C(/C)Nc1cccc(C)c1. The van der Waals surface area contributed by atoms with Gasteiger partial charge in [0.25, 0.3) is 0 Å². The van der Waals surface area contributed by atoms with Crippen LogP contribution >= 0.6 is 0 Å². The molecule has 0 radical (unpaired) electrons. The van der Waals surface area contributed by atoms with Gasteiger partial charge in [-0.2, -0.15) is 0 Å². The fourth-order valence-electron chi connectivity index (χ4n) is 2.26.